The van der Waals surface area contributed by atoms with Gasteiger partial charge < -0.3 is 15.0 Å². The summed E-state index contributed by atoms with van der Waals surface area (Å²) in [5, 5.41) is 3.21. The normalized spacial score (nSPS) is 11.0. The summed E-state index contributed by atoms with van der Waals surface area (Å²) in [6.45, 7) is 6.21. The van der Waals surface area contributed by atoms with Gasteiger partial charge in [-0.15, -0.1) is 0 Å². The van der Waals surface area contributed by atoms with E-state index in [0.29, 0.717) is 54.7 Å². The number of nitrogens with one attached hydrogen (secondary N) is 1. The van der Waals surface area contributed by atoms with Gasteiger partial charge in [-0.3, -0.25) is 23.5 Å². The Kier molecular flexibility index (Phi) is 10.2. The molecule has 1 aromatic heterocycles. The Morgan fingerprint density at radius 3 is 2.27 bits per heavy atom. The van der Waals surface area contributed by atoms with Gasteiger partial charge in [0.2, 0.25) is 5.91 Å². The number of hydrogen-bond acceptors (Lipinski definition) is 5. The molecule has 2 aromatic carbocycles. The lowest BCUT2D eigenvalue weighted by atomic mass is 10.1. The number of rotatable bonds is 13. The molecule has 0 fully saturated rings. The molecule has 0 atom stereocenters. The number of hydrogen-bond donors (Lipinski definition) is 1. The van der Waals surface area contributed by atoms with Gasteiger partial charge in [0.05, 0.1) is 17.4 Å². The third-order valence-electron chi connectivity index (χ3n) is 6.13. The van der Waals surface area contributed by atoms with Crippen molar-refractivity contribution in [1.29, 1.82) is 0 Å². The molecule has 0 aliphatic rings. The van der Waals surface area contributed by atoms with Crippen LogP contribution in [-0.2, 0) is 22.6 Å². The van der Waals surface area contributed by atoms with Gasteiger partial charge in [0, 0.05) is 38.9 Å². The molecule has 0 bridgehead atoms. The van der Waals surface area contributed by atoms with Crippen LogP contribution in [0, 0.1) is 0 Å². The molecule has 1 heterocycles. The molecule has 2 amide bonds. The SMILES string of the molecule is CCCN(CCC)C(=O)Cn1c(=O)n(Cc2ccc(C(=O)NCCCOC)cc2)c(=O)c2ccccc21. The van der Waals surface area contributed by atoms with E-state index in [9.17, 15) is 19.2 Å². The predicted octanol–water partition coefficient (Wildman–Crippen LogP) is 2.63. The molecule has 0 aliphatic heterocycles. The molecule has 1 N–H and O–H groups in total. The van der Waals surface area contributed by atoms with Gasteiger partial charge in [0.25, 0.3) is 11.5 Å². The summed E-state index contributed by atoms with van der Waals surface area (Å²) in [6.07, 6.45) is 2.36. The van der Waals surface area contributed by atoms with E-state index in [1.807, 2.05) is 13.8 Å². The van der Waals surface area contributed by atoms with Crippen LogP contribution in [0.3, 0.4) is 0 Å². The maximum atomic E-state index is 13.5. The number of para-hydroxylation sites is 1. The number of carbonyl (C=O) groups is 2. The highest BCUT2D eigenvalue weighted by Gasteiger charge is 2.18. The monoisotopic (exact) mass is 508 g/mol. The Morgan fingerprint density at radius 2 is 1.62 bits per heavy atom. The number of aromatic nitrogens is 2. The first-order chi connectivity index (χ1) is 17.9. The first-order valence-electron chi connectivity index (χ1n) is 12.8. The smallest absolute Gasteiger partial charge is 0.332 e. The van der Waals surface area contributed by atoms with Crippen LogP contribution in [0.1, 0.15) is 49.0 Å². The molecule has 3 aromatic rings. The molecule has 0 saturated heterocycles. The highest BCUT2D eigenvalue weighted by atomic mass is 16.5. The molecular formula is C28H36N4O5. The summed E-state index contributed by atoms with van der Waals surface area (Å²) < 4.78 is 7.52. The number of nitrogens with zero attached hydrogens (tertiary/aromatic N) is 3. The Bertz CT molecular complexity index is 1320. The Labute approximate surface area is 216 Å². The van der Waals surface area contributed by atoms with Crippen LogP contribution in [0.5, 0.6) is 0 Å². The number of ether oxygens (including phenoxy) is 1. The van der Waals surface area contributed by atoms with E-state index in [4.69, 9.17) is 4.74 Å². The van der Waals surface area contributed by atoms with Gasteiger partial charge in [-0.05, 0) is 49.1 Å². The quantitative estimate of drug-likeness (QED) is 0.358. The zero-order valence-electron chi connectivity index (χ0n) is 21.9. The summed E-state index contributed by atoms with van der Waals surface area (Å²) in [5.74, 6) is -0.350. The maximum Gasteiger partial charge on any atom is 0.332 e. The number of fused-ring (bicyclic) bond motifs is 1. The molecule has 9 nitrogen and oxygen atoms in total. The Hall–Kier alpha value is -3.72. The second kappa shape index (κ2) is 13.5. The second-order valence-corrected chi connectivity index (χ2v) is 8.96. The average molecular weight is 509 g/mol. The lowest BCUT2D eigenvalue weighted by molar-refractivity contribution is -0.131. The van der Waals surface area contributed by atoms with E-state index >= 15 is 0 Å². The maximum absolute atomic E-state index is 13.5. The largest absolute Gasteiger partial charge is 0.385 e. The molecule has 0 spiro atoms. The van der Waals surface area contributed by atoms with Crippen LogP contribution in [0.4, 0.5) is 0 Å². The summed E-state index contributed by atoms with van der Waals surface area (Å²) >= 11 is 0. The van der Waals surface area contributed by atoms with E-state index in [1.54, 1.807) is 60.5 Å². The van der Waals surface area contributed by atoms with Crippen molar-refractivity contribution in [2.45, 2.75) is 46.2 Å². The standard InChI is InChI=1S/C28H36N4O5/c1-4-16-30(17-5-2)25(33)20-31-24-10-7-6-9-23(24)27(35)32(28(31)36)19-21-11-13-22(14-12-21)26(34)29-15-8-18-37-3/h6-7,9-14H,4-5,8,15-20H2,1-3H3,(H,29,34). The van der Waals surface area contributed by atoms with Crippen LogP contribution >= 0.6 is 0 Å². The van der Waals surface area contributed by atoms with Crippen molar-refractivity contribution in [2.24, 2.45) is 0 Å². The van der Waals surface area contributed by atoms with Gasteiger partial charge >= 0.3 is 5.69 Å². The molecule has 9 heteroatoms. The highest BCUT2D eigenvalue weighted by molar-refractivity contribution is 5.94. The fourth-order valence-corrected chi connectivity index (χ4v) is 4.26. The van der Waals surface area contributed by atoms with Crippen molar-refractivity contribution < 1.29 is 14.3 Å². The van der Waals surface area contributed by atoms with Crippen LogP contribution in [0.2, 0.25) is 0 Å². The fraction of sp³-hybridized carbons (Fsp3) is 0.429. The van der Waals surface area contributed by atoms with Gasteiger partial charge in [-0.25, -0.2) is 4.79 Å². The third kappa shape index (κ3) is 6.95. The molecule has 0 aliphatic carbocycles. The predicted molar refractivity (Wildman–Crippen MR) is 144 cm³/mol. The summed E-state index contributed by atoms with van der Waals surface area (Å²) in [6, 6.07) is 13.6. The average Bonchev–Trinajstić information content (AvgIpc) is 2.91. The van der Waals surface area contributed by atoms with Crippen molar-refractivity contribution in [3.8, 4) is 0 Å². The lowest BCUT2D eigenvalue weighted by Gasteiger charge is -2.22. The van der Waals surface area contributed by atoms with Gasteiger partial charge in [0.15, 0.2) is 0 Å². The van der Waals surface area contributed by atoms with E-state index in [-0.39, 0.29) is 24.9 Å². The zero-order valence-corrected chi connectivity index (χ0v) is 21.9. The summed E-state index contributed by atoms with van der Waals surface area (Å²) in [5.41, 5.74) is 0.674. The topological polar surface area (TPSA) is 103 Å². The second-order valence-electron chi connectivity index (χ2n) is 8.96. The molecule has 0 saturated carbocycles. The minimum Gasteiger partial charge on any atom is -0.385 e. The molecular weight excluding hydrogens is 472 g/mol. The number of carbonyl (C=O) groups excluding carboxylic acids is 2. The minimum absolute atomic E-state index is 0.0278. The number of methoxy groups -OCH3 is 1. The van der Waals surface area contributed by atoms with Gasteiger partial charge in [-0.2, -0.15) is 0 Å². The van der Waals surface area contributed by atoms with Crippen molar-refractivity contribution in [2.75, 3.05) is 33.4 Å². The van der Waals surface area contributed by atoms with Crippen LogP contribution in [0.25, 0.3) is 10.9 Å². The lowest BCUT2D eigenvalue weighted by Crippen LogP contribution is -2.44. The molecule has 3 rings (SSSR count). The van der Waals surface area contributed by atoms with E-state index in [0.717, 1.165) is 17.4 Å². The van der Waals surface area contributed by atoms with Crippen molar-refractivity contribution >= 4 is 22.7 Å². The first-order valence-corrected chi connectivity index (χ1v) is 12.8. The number of amides is 2. The highest BCUT2D eigenvalue weighted by Crippen LogP contribution is 2.10. The van der Waals surface area contributed by atoms with Gasteiger partial charge in [0.1, 0.15) is 6.54 Å². The summed E-state index contributed by atoms with van der Waals surface area (Å²) in [4.78, 5) is 53.9. The molecule has 0 radical (unpaired) electrons. The van der Waals surface area contributed by atoms with E-state index < -0.39 is 11.2 Å². The molecule has 198 valence electrons. The van der Waals surface area contributed by atoms with E-state index in [2.05, 4.69) is 5.32 Å². The molecule has 37 heavy (non-hydrogen) atoms. The summed E-state index contributed by atoms with van der Waals surface area (Å²) in [7, 11) is 1.61. The van der Waals surface area contributed by atoms with Crippen LogP contribution in [0.15, 0.2) is 58.1 Å². The Balaban J connectivity index is 1.90. The van der Waals surface area contributed by atoms with Crippen molar-refractivity contribution in [3.05, 3.63) is 80.5 Å². The van der Waals surface area contributed by atoms with E-state index in [1.165, 1.54) is 4.57 Å². The van der Waals surface area contributed by atoms with Crippen LogP contribution < -0.4 is 16.6 Å². The third-order valence-corrected chi connectivity index (χ3v) is 6.13. The molecule has 0 unspecified atom stereocenters. The van der Waals surface area contributed by atoms with Gasteiger partial charge in [-0.1, -0.05) is 38.1 Å². The van der Waals surface area contributed by atoms with Crippen molar-refractivity contribution in [3.63, 3.8) is 0 Å². The Morgan fingerprint density at radius 1 is 0.946 bits per heavy atom. The minimum atomic E-state index is -0.537. The van der Waals surface area contributed by atoms with Crippen molar-refractivity contribution in [1.82, 2.24) is 19.4 Å². The first kappa shape index (κ1) is 27.9. The number of benzene rings is 2. The fourth-order valence-electron chi connectivity index (χ4n) is 4.26. The zero-order chi connectivity index (χ0) is 26.8. The van der Waals surface area contributed by atoms with Crippen LogP contribution in [-0.4, -0.2) is 59.2 Å².